The summed E-state index contributed by atoms with van der Waals surface area (Å²) in [6.45, 7) is 1.09. The van der Waals surface area contributed by atoms with Crippen molar-refractivity contribution in [2.75, 3.05) is 18.6 Å². The molecule has 5 nitrogen and oxygen atoms in total. The lowest BCUT2D eigenvalue weighted by Crippen LogP contribution is -2.28. The Balaban J connectivity index is 1.38. The molecule has 1 N–H and O–H groups in total. The molecule has 0 aliphatic carbocycles. The Labute approximate surface area is 186 Å². The summed E-state index contributed by atoms with van der Waals surface area (Å²) >= 11 is 5.92. The number of benzene rings is 3. The molecule has 0 unspecified atom stereocenters. The smallest absolute Gasteiger partial charge is 0.258 e. The molecule has 1 aliphatic heterocycles. The number of hydrogen-bond donors (Lipinski definition) is 1. The molecule has 2 amide bonds. The van der Waals surface area contributed by atoms with Crippen LogP contribution >= 0.6 is 11.6 Å². The third-order valence-electron chi connectivity index (χ3n) is 5.36. The second-order valence-corrected chi connectivity index (χ2v) is 7.92. The van der Waals surface area contributed by atoms with Crippen LogP contribution in [0.1, 0.15) is 27.0 Å². The minimum atomic E-state index is -0.0479. The number of rotatable bonds is 6. The third-order valence-corrected chi connectivity index (χ3v) is 5.62. The molecular weight excluding hydrogens is 412 g/mol. The zero-order valence-corrected chi connectivity index (χ0v) is 18.0. The molecule has 0 aromatic heterocycles. The first kappa shape index (κ1) is 20.9. The topological polar surface area (TPSA) is 58.6 Å². The summed E-state index contributed by atoms with van der Waals surface area (Å²) in [6.07, 6.45) is 1.09. The van der Waals surface area contributed by atoms with Crippen molar-refractivity contribution >= 4 is 29.1 Å². The maximum Gasteiger partial charge on any atom is 0.258 e. The van der Waals surface area contributed by atoms with Gasteiger partial charge in [0.2, 0.25) is 5.91 Å². The third kappa shape index (κ3) is 4.89. The molecular formula is C25H23ClN2O3. The summed E-state index contributed by atoms with van der Waals surface area (Å²) in [6, 6.07) is 20.4. The molecule has 1 aliphatic rings. The predicted octanol–water partition coefficient (Wildman–Crippen LogP) is 4.41. The van der Waals surface area contributed by atoms with E-state index in [2.05, 4.69) is 11.4 Å². The highest BCUT2D eigenvalue weighted by Crippen LogP contribution is 2.30. The van der Waals surface area contributed by atoms with Crippen LogP contribution in [0.5, 0.6) is 5.75 Å². The van der Waals surface area contributed by atoms with Gasteiger partial charge in [-0.25, -0.2) is 0 Å². The molecule has 158 valence electrons. The van der Waals surface area contributed by atoms with Crippen molar-refractivity contribution in [3.63, 3.8) is 0 Å². The molecule has 0 radical (unpaired) electrons. The summed E-state index contributed by atoms with van der Waals surface area (Å²) in [5.74, 6) is 0.657. The molecule has 3 aromatic carbocycles. The standard InChI is InChI=1S/C25H23ClN2O3/c1-31-22-4-2-3-17(14-22)15-24(29)27-16-18-5-10-23-20(13-18)11-12-28(23)25(30)19-6-8-21(26)9-7-19/h2-10,13-14H,11-12,15-16H2,1H3,(H,27,29). The zero-order chi connectivity index (χ0) is 21.8. The van der Waals surface area contributed by atoms with Gasteiger partial charge in [-0.05, 0) is 65.6 Å². The summed E-state index contributed by atoms with van der Waals surface area (Å²) in [7, 11) is 1.61. The Bertz CT molecular complexity index is 1110. The summed E-state index contributed by atoms with van der Waals surface area (Å²) in [4.78, 5) is 27.0. The van der Waals surface area contributed by atoms with Gasteiger partial charge in [-0.1, -0.05) is 35.9 Å². The van der Waals surface area contributed by atoms with Crippen molar-refractivity contribution < 1.29 is 14.3 Å². The molecule has 31 heavy (non-hydrogen) atoms. The molecule has 0 spiro atoms. The van der Waals surface area contributed by atoms with Crippen LogP contribution in [0.25, 0.3) is 0 Å². The molecule has 0 fully saturated rings. The van der Waals surface area contributed by atoms with Gasteiger partial charge in [0.1, 0.15) is 5.75 Å². The average Bonchev–Trinajstić information content (AvgIpc) is 3.21. The predicted molar refractivity (Wildman–Crippen MR) is 122 cm³/mol. The van der Waals surface area contributed by atoms with Gasteiger partial charge in [0.25, 0.3) is 5.91 Å². The van der Waals surface area contributed by atoms with E-state index in [0.29, 0.717) is 30.1 Å². The maximum atomic E-state index is 12.9. The molecule has 0 saturated carbocycles. The van der Waals surface area contributed by atoms with E-state index in [0.717, 1.165) is 34.5 Å². The van der Waals surface area contributed by atoms with E-state index >= 15 is 0 Å². The van der Waals surface area contributed by atoms with Crippen molar-refractivity contribution in [2.45, 2.75) is 19.4 Å². The number of anilines is 1. The Kier molecular flexibility index (Phi) is 6.23. The van der Waals surface area contributed by atoms with Crippen LogP contribution in [0.15, 0.2) is 66.7 Å². The van der Waals surface area contributed by atoms with Crippen LogP contribution in [0.3, 0.4) is 0 Å². The number of amides is 2. The lowest BCUT2D eigenvalue weighted by molar-refractivity contribution is -0.120. The fourth-order valence-corrected chi connectivity index (χ4v) is 3.88. The monoisotopic (exact) mass is 434 g/mol. The number of carbonyl (C=O) groups is 2. The second kappa shape index (κ2) is 9.23. The fourth-order valence-electron chi connectivity index (χ4n) is 3.76. The largest absolute Gasteiger partial charge is 0.497 e. The Morgan fingerprint density at radius 2 is 1.84 bits per heavy atom. The Morgan fingerprint density at radius 1 is 1.03 bits per heavy atom. The molecule has 3 aromatic rings. The summed E-state index contributed by atoms with van der Waals surface area (Å²) < 4.78 is 5.20. The number of halogens is 1. The Hall–Kier alpha value is -3.31. The quantitative estimate of drug-likeness (QED) is 0.625. The number of hydrogen-bond acceptors (Lipinski definition) is 3. The summed E-state index contributed by atoms with van der Waals surface area (Å²) in [5, 5.41) is 3.58. The second-order valence-electron chi connectivity index (χ2n) is 7.48. The van der Waals surface area contributed by atoms with E-state index in [1.807, 2.05) is 36.4 Å². The SMILES string of the molecule is COc1cccc(CC(=O)NCc2ccc3c(c2)CCN3C(=O)c2ccc(Cl)cc2)c1. The average molecular weight is 435 g/mol. The van der Waals surface area contributed by atoms with Crippen molar-refractivity contribution in [3.05, 3.63) is 94.0 Å². The van der Waals surface area contributed by atoms with Gasteiger partial charge >= 0.3 is 0 Å². The van der Waals surface area contributed by atoms with E-state index in [1.54, 1.807) is 36.3 Å². The number of ether oxygens (including phenoxy) is 1. The van der Waals surface area contributed by atoms with Crippen molar-refractivity contribution in [1.29, 1.82) is 0 Å². The number of nitrogens with zero attached hydrogens (tertiary/aromatic N) is 1. The van der Waals surface area contributed by atoms with E-state index < -0.39 is 0 Å². The minimum absolute atomic E-state index is 0.0326. The molecule has 0 atom stereocenters. The number of carbonyl (C=O) groups excluding carboxylic acids is 2. The lowest BCUT2D eigenvalue weighted by atomic mass is 10.1. The van der Waals surface area contributed by atoms with E-state index in [4.69, 9.17) is 16.3 Å². The van der Waals surface area contributed by atoms with Crippen LogP contribution < -0.4 is 15.0 Å². The highest BCUT2D eigenvalue weighted by molar-refractivity contribution is 6.30. The van der Waals surface area contributed by atoms with Crippen molar-refractivity contribution in [3.8, 4) is 5.75 Å². The first-order valence-electron chi connectivity index (χ1n) is 10.1. The van der Waals surface area contributed by atoms with E-state index in [9.17, 15) is 9.59 Å². The minimum Gasteiger partial charge on any atom is -0.497 e. The first-order valence-corrected chi connectivity index (χ1v) is 10.5. The van der Waals surface area contributed by atoms with Gasteiger partial charge in [-0.3, -0.25) is 9.59 Å². The van der Waals surface area contributed by atoms with Gasteiger partial charge in [-0.2, -0.15) is 0 Å². The zero-order valence-electron chi connectivity index (χ0n) is 17.2. The van der Waals surface area contributed by atoms with Crippen LogP contribution in [0.2, 0.25) is 5.02 Å². The lowest BCUT2D eigenvalue weighted by Gasteiger charge is -2.18. The summed E-state index contributed by atoms with van der Waals surface area (Å²) in [5.41, 5.74) is 4.57. The molecule has 0 saturated heterocycles. The first-order chi connectivity index (χ1) is 15.0. The highest BCUT2D eigenvalue weighted by Gasteiger charge is 2.25. The molecule has 0 bridgehead atoms. The number of fused-ring (bicyclic) bond motifs is 1. The van der Waals surface area contributed by atoms with Crippen molar-refractivity contribution in [1.82, 2.24) is 5.32 Å². The van der Waals surface area contributed by atoms with Crippen LogP contribution in [0, 0.1) is 0 Å². The van der Waals surface area contributed by atoms with Gasteiger partial charge in [0, 0.05) is 29.4 Å². The van der Waals surface area contributed by atoms with E-state index in [1.165, 1.54) is 0 Å². The van der Waals surface area contributed by atoms with Crippen LogP contribution in [-0.4, -0.2) is 25.5 Å². The fraction of sp³-hybridized carbons (Fsp3) is 0.200. The molecule has 6 heteroatoms. The van der Waals surface area contributed by atoms with Crippen LogP contribution in [-0.2, 0) is 24.2 Å². The van der Waals surface area contributed by atoms with Gasteiger partial charge < -0.3 is 15.0 Å². The molecule has 4 rings (SSSR count). The van der Waals surface area contributed by atoms with Gasteiger partial charge in [0.05, 0.1) is 13.5 Å². The number of nitrogens with one attached hydrogen (secondary N) is 1. The van der Waals surface area contributed by atoms with Gasteiger partial charge in [0.15, 0.2) is 0 Å². The Morgan fingerprint density at radius 3 is 2.61 bits per heavy atom. The highest BCUT2D eigenvalue weighted by atomic mass is 35.5. The maximum absolute atomic E-state index is 12.9. The van der Waals surface area contributed by atoms with Crippen LogP contribution in [0.4, 0.5) is 5.69 Å². The van der Waals surface area contributed by atoms with Crippen molar-refractivity contribution in [2.24, 2.45) is 0 Å². The number of methoxy groups -OCH3 is 1. The van der Waals surface area contributed by atoms with E-state index in [-0.39, 0.29) is 11.8 Å². The normalized spacial score (nSPS) is 12.4. The molecule has 1 heterocycles. The van der Waals surface area contributed by atoms with Gasteiger partial charge in [-0.15, -0.1) is 0 Å².